The number of anilines is 2. The first-order valence-electron chi connectivity index (χ1n) is 6.95. The maximum Gasteiger partial charge on any atom is 0.151 e. The van der Waals surface area contributed by atoms with Gasteiger partial charge in [-0.25, -0.2) is 4.98 Å². The van der Waals surface area contributed by atoms with E-state index >= 15 is 0 Å². The van der Waals surface area contributed by atoms with Crippen LogP contribution >= 0.6 is 0 Å². The van der Waals surface area contributed by atoms with Gasteiger partial charge in [0.05, 0.1) is 5.69 Å². The summed E-state index contributed by atoms with van der Waals surface area (Å²) in [6, 6.07) is 2.72. The highest BCUT2D eigenvalue weighted by molar-refractivity contribution is 5.63. The molecule has 0 bridgehead atoms. The van der Waals surface area contributed by atoms with Crippen molar-refractivity contribution in [3.05, 3.63) is 17.8 Å². The Hall–Kier alpha value is -1.29. The number of hydrogen-bond donors (Lipinski definition) is 1. The molecule has 1 aromatic heterocycles. The number of likely N-dealkylation sites (tertiary alicyclic amines) is 1. The third-order valence-corrected chi connectivity index (χ3v) is 4.15. The highest BCUT2D eigenvalue weighted by atomic mass is 15.3. The second-order valence-corrected chi connectivity index (χ2v) is 5.56. The molecule has 98 valence electrons. The first-order valence-corrected chi connectivity index (χ1v) is 6.95. The zero-order chi connectivity index (χ0) is 12.5. The largest absolute Gasteiger partial charge is 0.396 e. The maximum absolute atomic E-state index is 6.08. The minimum atomic E-state index is 0.704. The summed E-state index contributed by atoms with van der Waals surface area (Å²) in [6.07, 6.45) is 5.88. The van der Waals surface area contributed by atoms with E-state index in [1.165, 1.54) is 32.4 Å². The van der Waals surface area contributed by atoms with E-state index in [2.05, 4.69) is 14.8 Å². The average Bonchev–Trinajstić information content (AvgIpc) is 2.99. The van der Waals surface area contributed by atoms with Crippen molar-refractivity contribution in [3.63, 3.8) is 0 Å². The van der Waals surface area contributed by atoms with E-state index in [1.54, 1.807) is 0 Å². The fourth-order valence-corrected chi connectivity index (χ4v) is 3.19. The molecule has 4 heteroatoms. The predicted octanol–water partition coefficient (Wildman–Crippen LogP) is 1.65. The van der Waals surface area contributed by atoms with Crippen molar-refractivity contribution < 1.29 is 0 Å². The summed E-state index contributed by atoms with van der Waals surface area (Å²) >= 11 is 0. The quantitative estimate of drug-likeness (QED) is 0.862. The van der Waals surface area contributed by atoms with Crippen LogP contribution in [0.5, 0.6) is 0 Å². The first kappa shape index (κ1) is 11.8. The van der Waals surface area contributed by atoms with Gasteiger partial charge in [-0.2, -0.15) is 0 Å². The Morgan fingerprint density at radius 2 is 2.06 bits per heavy atom. The van der Waals surface area contributed by atoms with Crippen molar-refractivity contribution in [1.29, 1.82) is 0 Å². The normalized spacial score (nSPS) is 24.9. The number of nitrogen functional groups attached to an aromatic ring is 1. The molecule has 1 aromatic rings. The van der Waals surface area contributed by atoms with E-state index in [1.807, 2.05) is 19.2 Å². The van der Waals surface area contributed by atoms with Gasteiger partial charge in [0.15, 0.2) is 5.82 Å². The summed E-state index contributed by atoms with van der Waals surface area (Å²) < 4.78 is 0. The molecule has 2 aliphatic rings. The molecule has 0 aliphatic carbocycles. The monoisotopic (exact) mass is 246 g/mol. The Labute approximate surface area is 109 Å². The van der Waals surface area contributed by atoms with Crippen molar-refractivity contribution >= 4 is 11.5 Å². The van der Waals surface area contributed by atoms with Gasteiger partial charge in [0.25, 0.3) is 0 Å². The smallest absolute Gasteiger partial charge is 0.151 e. The van der Waals surface area contributed by atoms with Crippen LogP contribution in [0.1, 0.15) is 24.8 Å². The number of nitrogens with zero attached hydrogens (tertiary/aromatic N) is 3. The van der Waals surface area contributed by atoms with Crippen LogP contribution < -0.4 is 10.6 Å². The fourth-order valence-electron chi connectivity index (χ4n) is 3.19. The minimum absolute atomic E-state index is 0.704. The van der Waals surface area contributed by atoms with Crippen molar-refractivity contribution in [3.8, 4) is 0 Å². The highest BCUT2D eigenvalue weighted by Gasteiger charge is 2.30. The fraction of sp³-hybridized carbons (Fsp3) is 0.643. The topological polar surface area (TPSA) is 45.4 Å². The Morgan fingerprint density at radius 1 is 1.28 bits per heavy atom. The van der Waals surface area contributed by atoms with E-state index < -0.39 is 0 Å². The third kappa shape index (κ3) is 2.17. The third-order valence-electron chi connectivity index (χ3n) is 4.15. The molecule has 0 spiro atoms. The van der Waals surface area contributed by atoms with Crippen molar-refractivity contribution in [1.82, 2.24) is 9.88 Å². The van der Waals surface area contributed by atoms with Gasteiger partial charge in [-0.15, -0.1) is 0 Å². The molecule has 0 radical (unpaired) electrons. The van der Waals surface area contributed by atoms with Gasteiger partial charge < -0.3 is 10.6 Å². The van der Waals surface area contributed by atoms with Crippen LogP contribution in [0, 0.1) is 6.92 Å². The van der Waals surface area contributed by atoms with Crippen molar-refractivity contribution in [2.75, 3.05) is 36.8 Å². The lowest BCUT2D eigenvalue weighted by Crippen LogP contribution is -2.35. The predicted molar refractivity (Wildman–Crippen MR) is 74.8 cm³/mol. The van der Waals surface area contributed by atoms with Crippen LogP contribution in [0.3, 0.4) is 0 Å². The maximum atomic E-state index is 6.08. The molecule has 1 atom stereocenters. The highest BCUT2D eigenvalue weighted by Crippen LogP contribution is 2.27. The Kier molecular flexibility index (Phi) is 3.12. The molecule has 1 unspecified atom stereocenters. The Balaban J connectivity index is 1.71. The summed E-state index contributed by atoms with van der Waals surface area (Å²) in [4.78, 5) is 9.48. The molecule has 2 saturated heterocycles. The van der Waals surface area contributed by atoms with E-state index in [-0.39, 0.29) is 0 Å². The van der Waals surface area contributed by atoms with Gasteiger partial charge >= 0.3 is 0 Å². The SMILES string of the molecule is Cc1cnc(N2CCC(N3CCCC3)C2)c(N)c1. The summed E-state index contributed by atoms with van der Waals surface area (Å²) in [6.45, 7) is 6.75. The molecular weight excluding hydrogens is 224 g/mol. The van der Waals surface area contributed by atoms with Crippen LogP contribution in [-0.2, 0) is 0 Å². The van der Waals surface area contributed by atoms with Crippen molar-refractivity contribution in [2.24, 2.45) is 0 Å². The van der Waals surface area contributed by atoms with Gasteiger partial charge in [-0.1, -0.05) is 0 Å². The lowest BCUT2D eigenvalue weighted by atomic mass is 10.2. The lowest BCUT2D eigenvalue weighted by molar-refractivity contribution is 0.260. The minimum Gasteiger partial charge on any atom is -0.396 e. The number of rotatable bonds is 2. The molecular formula is C14H22N4. The molecule has 4 nitrogen and oxygen atoms in total. The number of aryl methyl sites for hydroxylation is 1. The molecule has 0 aromatic carbocycles. The molecule has 2 fully saturated rings. The summed E-state index contributed by atoms with van der Waals surface area (Å²) in [5, 5.41) is 0. The molecule has 0 amide bonds. The summed E-state index contributed by atoms with van der Waals surface area (Å²) in [7, 11) is 0. The number of hydrogen-bond acceptors (Lipinski definition) is 4. The van der Waals surface area contributed by atoms with Crippen LogP contribution in [0.2, 0.25) is 0 Å². The van der Waals surface area contributed by atoms with Crippen LogP contribution in [0.4, 0.5) is 11.5 Å². The Bertz CT molecular complexity index is 426. The van der Waals surface area contributed by atoms with Gasteiger partial charge in [0.1, 0.15) is 0 Å². The van der Waals surface area contributed by atoms with E-state index in [0.29, 0.717) is 6.04 Å². The van der Waals surface area contributed by atoms with E-state index in [4.69, 9.17) is 5.73 Å². The standard InChI is InChI=1S/C14H22N4/c1-11-8-13(15)14(16-9-11)18-7-4-12(10-18)17-5-2-3-6-17/h8-9,12H,2-7,10,15H2,1H3. The molecule has 3 heterocycles. The zero-order valence-electron chi connectivity index (χ0n) is 11.1. The zero-order valence-corrected chi connectivity index (χ0v) is 11.1. The Morgan fingerprint density at radius 3 is 2.78 bits per heavy atom. The van der Waals surface area contributed by atoms with Gasteiger partial charge in [-0.05, 0) is 50.9 Å². The lowest BCUT2D eigenvalue weighted by Gasteiger charge is -2.24. The summed E-state index contributed by atoms with van der Waals surface area (Å²) in [5.74, 6) is 0.974. The first-order chi connectivity index (χ1) is 8.74. The molecule has 18 heavy (non-hydrogen) atoms. The van der Waals surface area contributed by atoms with E-state index in [9.17, 15) is 0 Å². The van der Waals surface area contributed by atoms with Gasteiger partial charge in [0.2, 0.25) is 0 Å². The number of nitrogens with two attached hydrogens (primary N) is 1. The van der Waals surface area contributed by atoms with Gasteiger partial charge in [-0.3, -0.25) is 4.90 Å². The van der Waals surface area contributed by atoms with Crippen LogP contribution in [0.15, 0.2) is 12.3 Å². The molecule has 2 N–H and O–H groups in total. The van der Waals surface area contributed by atoms with Crippen LogP contribution in [-0.4, -0.2) is 42.1 Å². The molecule has 2 aliphatic heterocycles. The average molecular weight is 246 g/mol. The van der Waals surface area contributed by atoms with E-state index in [0.717, 1.165) is 30.2 Å². The second-order valence-electron chi connectivity index (χ2n) is 5.56. The van der Waals surface area contributed by atoms with Crippen LogP contribution in [0.25, 0.3) is 0 Å². The van der Waals surface area contributed by atoms with Crippen molar-refractivity contribution in [2.45, 2.75) is 32.2 Å². The molecule has 0 saturated carbocycles. The summed E-state index contributed by atoms with van der Waals surface area (Å²) in [5.41, 5.74) is 8.03. The molecule has 3 rings (SSSR count). The van der Waals surface area contributed by atoms with Gasteiger partial charge in [0, 0.05) is 25.3 Å². The number of aromatic nitrogens is 1. The number of pyridine rings is 1. The second kappa shape index (κ2) is 4.76.